The molecule has 0 aromatic rings. The third-order valence-electron chi connectivity index (χ3n) is 3.88. The van der Waals surface area contributed by atoms with E-state index in [1.807, 2.05) is 0 Å². The van der Waals surface area contributed by atoms with Crippen molar-refractivity contribution in [1.82, 2.24) is 0 Å². The first-order valence-corrected chi connectivity index (χ1v) is 5.28. The summed E-state index contributed by atoms with van der Waals surface area (Å²) in [5, 5.41) is 0. The topological polar surface area (TPSA) is 17.1 Å². The molecule has 2 aliphatic rings. The van der Waals surface area contributed by atoms with Gasteiger partial charge >= 0.3 is 0 Å². The van der Waals surface area contributed by atoms with Gasteiger partial charge in [-0.25, -0.2) is 0 Å². The molecule has 1 atom stereocenters. The smallest absolute Gasteiger partial charge is 0.134 e. The molecule has 0 spiro atoms. The van der Waals surface area contributed by atoms with Gasteiger partial charge in [0.1, 0.15) is 5.78 Å². The van der Waals surface area contributed by atoms with Gasteiger partial charge in [-0.1, -0.05) is 44.1 Å². The summed E-state index contributed by atoms with van der Waals surface area (Å²) in [7, 11) is 0. The Morgan fingerprint density at radius 2 is 1.79 bits per heavy atom. The molecule has 1 saturated carbocycles. The van der Waals surface area contributed by atoms with Crippen LogP contribution in [0.1, 0.15) is 40.5 Å². The number of Topliss-reactive ketones (excluding diaryl/α,β-unsaturated/α-hetero) is 1. The third-order valence-corrected chi connectivity index (χ3v) is 3.88. The van der Waals surface area contributed by atoms with Crippen LogP contribution in [0.25, 0.3) is 0 Å². The van der Waals surface area contributed by atoms with Crippen molar-refractivity contribution in [3.63, 3.8) is 0 Å². The summed E-state index contributed by atoms with van der Waals surface area (Å²) in [6.45, 7) is 8.70. The summed E-state index contributed by atoms with van der Waals surface area (Å²) in [6.07, 6.45) is 5.80. The van der Waals surface area contributed by atoms with Crippen LogP contribution in [0.3, 0.4) is 0 Å². The summed E-state index contributed by atoms with van der Waals surface area (Å²) in [5.74, 6) is 0.407. The number of carbonyl (C=O) groups excluding carboxylic acids is 1. The standard InChI is InChI=1S/C13H18O/c1-9-5-6-11-12(2,3)7-10(14)8-13(9,11)4/h5-6H,7-8H2,1-4H3/t13-/m0/s1. The molecule has 0 aliphatic heterocycles. The van der Waals surface area contributed by atoms with Gasteiger partial charge in [0, 0.05) is 18.3 Å². The molecule has 0 aromatic carbocycles. The second-order valence-electron chi connectivity index (χ2n) is 5.54. The van der Waals surface area contributed by atoms with E-state index in [1.54, 1.807) is 0 Å². The van der Waals surface area contributed by atoms with E-state index in [9.17, 15) is 4.79 Å². The van der Waals surface area contributed by atoms with Crippen LogP contribution in [0.5, 0.6) is 0 Å². The molecule has 0 heterocycles. The molecular formula is C13H18O. The van der Waals surface area contributed by atoms with E-state index >= 15 is 0 Å². The molecule has 76 valence electrons. The van der Waals surface area contributed by atoms with Gasteiger partial charge < -0.3 is 0 Å². The monoisotopic (exact) mass is 190 g/mol. The number of hydrogen-bond acceptors (Lipinski definition) is 1. The minimum atomic E-state index is 0.0266. The Morgan fingerprint density at radius 3 is 2.43 bits per heavy atom. The van der Waals surface area contributed by atoms with Crippen molar-refractivity contribution in [2.45, 2.75) is 40.5 Å². The third kappa shape index (κ3) is 1.11. The molecule has 2 aliphatic carbocycles. The molecule has 0 N–H and O–H groups in total. The van der Waals surface area contributed by atoms with Gasteiger partial charge in [0.2, 0.25) is 0 Å². The zero-order valence-corrected chi connectivity index (χ0v) is 9.48. The SMILES string of the molecule is CC1=CC=C2C(C)(C)CC(=O)C[C@@]12C. The molecule has 1 heteroatoms. The quantitative estimate of drug-likeness (QED) is 0.573. The fraction of sp³-hybridized carbons (Fsp3) is 0.615. The average molecular weight is 190 g/mol. The van der Waals surface area contributed by atoms with Gasteiger partial charge in [-0.15, -0.1) is 0 Å². The van der Waals surface area contributed by atoms with E-state index in [0.717, 1.165) is 0 Å². The van der Waals surface area contributed by atoms with Gasteiger partial charge in [-0.05, 0) is 12.3 Å². The molecule has 0 bridgehead atoms. The Hall–Kier alpha value is -0.850. The lowest BCUT2D eigenvalue weighted by Crippen LogP contribution is -2.38. The van der Waals surface area contributed by atoms with E-state index in [4.69, 9.17) is 0 Å². The van der Waals surface area contributed by atoms with Gasteiger partial charge in [0.25, 0.3) is 0 Å². The van der Waals surface area contributed by atoms with Crippen LogP contribution in [-0.4, -0.2) is 5.78 Å². The van der Waals surface area contributed by atoms with Crippen LogP contribution in [0.15, 0.2) is 23.3 Å². The lowest BCUT2D eigenvalue weighted by atomic mass is 9.59. The Labute approximate surface area is 85.9 Å². The number of ketones is 1. The van der Waals surface area contributed by atoms with Crippen molar-refractivity contribution >= 4 is 5.78 Å². The molecule has 14 heavy (non-hydrogen) atoms. The lowest BCUT2D eigenvalue weighted by Gasteiger charge is -2.43. The van der Waals surface area contributed by atoms with Crippen molar-refractivity contribution < 1.29 is 4.79 Å². The summed E-state index contributed by atoms with van der Waals surface area (Å²) in [6, 6.07) is 0. The highest BCUT2D eigenvalue weighted by Gasteiger charge is 2.47. The highest BCUT2D eigenvalue weighted by Crippen LogP contribution is 2.55. The van der Waals surface area contributed by atoms with Crippen molar-refractivity contribution in [3.05, 3.63) is 23.3 Å². The van der Waals surface area contributed by atoms with Crippen LogP contribution in [0, 0.1) is 10.8 Å². The minimum absolute atomic E-state index is 0.0266. The predicted molar refractivity (Wildman–Crippen MR) is 58.0 cm³/mol. The number of carbonyl (C=O) groups is 1. The normalized spacial score (nSPS) is 35.0. The number of rotatable bonds is 0. The molecule has 0 saturated heterocycles. The molecule has 0 amide bonds. The molecule has 0 unspecified atom stereocenters. The highest BCUT2D eigenvalue weighted by atomic mass is 16.1. The van der Waals surface area contributed by atoms with Gasteiger partial charge in [-0.3, -0.25) is 4.79 Å². The van der Waals surface area contributed by atoms with Crippen molar-refractivity contribution in [2.24, 2.45) is 10.8 Å². The van der Waals surface area contributed by atoms with E-state index in [-0.39, 0.29) is 10.8 Å². The lowest BCUT2D eigenvalue weighted by molar-refractivity contribution is -0.123. The molecule has 0 radical (unpaired) electrons. The fourth-order valence-corrected chi connectivity index (χ4v) is 3.04. The molecule has 1 nitrogen and oxygen atoms in total. The van der Waals surface area contributed by atoms with Crippen LogP contribution >= 0.6 is 0 Å². The average Bonchev–Trinajstić information content (AvgIpc) is 2.26. The van der Waals surface area contributed by atoms with Crippen LogP contribution in [-0.2, 0) is 4.79 Å². The maximum atomic E-state index is 11.7. The second kappa shape index (κ2) is 2.59. The maximum Gasteiger partial charge on any atom is 0.134 e. The van der Waals surface area contributed by atoms with E-state index < -0.39 is 0 Å². The molecule has 0 aromatic heterocycles. The first kappa shape index (κ1) is 9.70. The Balaban J connectivity index is 2.48. The zero-order valence-electron chi connectivity index (χ0n) is 9.48. The Bertz CT molecular complexity index is 357. The number of hydrogen-bond donors (Lipinski definition) is 0. The fourth-order valence-electron chi connectivity index (χ4n) is 3.04. The van der Waals surface area contributed by atoms with Gasteiger partial charge in [0.05, 0.1) is 0 Å². The van der Waals surface area contributed by atoms with E-state index in [0.29, 0.717) is 18.6 Å². The minimum Gasteiger partial charge on any atom is -0.300 e. The summed E-state index contributed by atoms with van der Waals surface area (Å²) >= 11 is 0. The molecular weight excluding hydrogens is 172 g/mol. The molecule has 2 rings (SSSR count). The van der Waals surface area contributed by atoms with Crippen LogP contribution < -0.4 is 0 Å². The second-order valence-corrected chi connectivity index (χ2v) is 5.54. The van der Waals surface area contributed by atoms with Crippen molar-refractivity contribution in [1.29, 1.82) is 0 Å². The zero-order chi connectivity index (χ0) is 10.6. The van der Waals surface area contributed by atoms with E-state index in [2.05, 4.69) is 39.8 Å². The molecule has 1 fully saturated rings. The Kier molecular flexibility index (Phi) is 1.79. The van der Waals surface area contributed by atoms with Gasteiger partial charge in [-0.2, -0.15) is 0 Å². The first-order chi connectivity index (χ1) is 6.36. The van der Waals surface area contributed by atoms with E-state index in [1.165, 1.54) is 11.1 Å². The largest absolute Gasteiger partial charge is 0.300 e. The van der Waals surface area contributed by atoms with Crippen LogP contribution in [0.2, 0.25) is 0 Å². The predicted octanol–water partition coefficient (Wildman–Crippen LogP) is 3.27. The number of allylic oxidation sites excluding steroid dienone is 4. The first-order valence-electron chi connectivity index (χ1n) is 5.28. The van der Waals surface area contributed by atoms with Gasteiger partial charge in [0.15, 0.2) is 0 Å². The van der Waals surface area contributed by atoms with Crippen LogP contribution in [0.4, 0.5) is 0 Å². The maximum absolute atomic E-state index is 11.7. The van der Waals surface area contributed by atoms with Crippen molar-refractivity contribution in [2.75, 3.05) is 0 Å². The highest BCUT2D eigenvalue weighted by molar-refractivity contribution is 5.84. The summed E-state index contributed by atoms with van der Waals surface area (Å²) in [4.78, 5) is 11.7. The Morgan fingerprint density at radius 1 is 1.14 bits per heavy atom. The van der Waals surface area contributed by atoms with Crippen molar-refractivity contribution in [3.8, 4) is 0 Å². The summed E-state index contributed by atoms with van der Waals surface area (Å²) in [5.41, 5.74) is 2.87. The summed E-state index contributed by atoms with van der Waals surface area (Å²) < 4.78 is 0. The number of fused-ring (bicyclic) bond motifs is 1.